The van der Waals surface area contributed by atoms with Crippen molar-refractivity contribution in [1.82, 2.24) is 30.7 Å². The van der Waals surface area contributed by atoms with E-state index in [0.29, 0.717) is 13.1 Å². The number of nitrogens with two attached hydrogens (primary N) is 2. The second kappa shape index (κ2) is 5.45. The Balaban J connectivity index is 1.70. The third kappa shape index (κ3) is 2.11. The van der Waals surface area contributed by atoms with Crippen LogP contribution in [0.3, 0.4) is 0 Å². The van der Waals surface area contributed by atoms with E-state index in [2.05, 4.69) is 32.7 Å². The Morgan fingerprint density at radius 2 is 2.12 bits per heavy atom. The number of aliphatic imine (C=N–C) groups is 1. The fourth-order valence-electron chi connectivity index (χ4n) is 3.46. The van der Waals surface area contributed by atoms with Crippen LogP contribution in [-0.4, -0.2) is 57.6 Å². The molecule has 1 saturated heterocycles. The molecule has 0 spiro atoms. The van der Waals surface area contributed by atoms with Gasteiger partial charge in [0, 0.05) is 25.2 Å². The van der Waals surface area contributed by atoms with Gasteiger partial charge in [0.2, 0.25) is 0 Å². The van der Waals surface area contributed by atoms with Crippen molar-refractivity contribution in [1.29, 1.82) is 0 Å². The zero-order valence-electron chi connectivity index (χ0n) is 13.7. The molecule has 4 atom stereocenters. The van der Waals surface area contributed by atoms with E-state index in [-0.39, 0.29) is 12.3 Å². The number of fused-ring (bicyclic) bond motifs is 3. The highest BCUT2D eigenvalue weighted by atomic mass is 15.7. The van der Waals surface area contributed by atoms with Gasteiger partial charge in [0.05, 0.1) is 17.7 Å². The van der Waals surface area contributed by atoms with E-state index >= 15 is 0 Å². The van der Waals surface area contributed by atoms with Gasteiger partial charge >= 0.3 is 0 Å². The van der Waals surface area contributed by atoms with E-state index in [9.17, 15) is 0 Å². The highest BCUT2D eigenvalue weighted by molar-refractivity contribution is 6.04. The Morgan fingerprint density at radius 3 is 2.88 bits per heavy atom. The maximum absolute atomic E-state index is 6.29. The molecule has 0 aliphatic carbocycles. The van der Waals surface area contributed by atoms with Crippen molar-refractivity contribution in [3.05, 3.63) is 23.8 Å². The molecule has 10 nitrogen and oxygen atoms in total. The first-order chi connectivity index (χ1) is 11.5. The molecule has 3 unspecified atom stereocenters. The molecule has 3 aliphatic heterocycles. The fraction of sp³-hybridized carbons (Fsp3) is 0.571. The molecule has 1 fully saturated rings. The molecule has 1 aromatic heterocycles. The molecule has 4 rings (SSSR count). The first kappa shape index (κ1) is 15.4. The van der Waals surface area contributed by atoms with Gasteiger partial charge in [-0.2, -0.15) is 5.10 Å². The van der Waals surface area contributed by atoms with Gasteiger partial charge in [0.15, 0.2) is 6.17 Å². The van der Waals surface area contributed by atoms with Crippen molar-refractivity contribution in [2.45, 2.75) is 32.5 Å². The molecule has 0 bridgehead atoms. The first-order valence-corrected chi connectivity index (χ1v) is 7.99. The minimum atomic E-state index is -0.425. The Labute approximate surface area is 140 Å². The minimum absolute atomic E-state index is 0.0745. The van der Waals surface area contributed by atoms with Gasteiger partial charge in [-0.25, -0.2) is 10.4 Å². The van der Waals surface area contributed by atoms with E-state index in [1.807, 2.05) is 23.2 Å². The molecule has 4 heterocycles. The van der Waals surface area contributed by atoms with Crippen molar-refractivity contribution in [2.24, 2.45) is 27.0 Å². The summed E-state index contributed by atoms with van der Waals surface area (Å²) in [7, 11) is 0. The predicted molar refractivity (Wildman–Crippen MR) is 89.2 cm³/mol. The van der Waals surface area contributed by atoms with Crippen LogP contribution in [-0.2, 0) is 0 Å². The number of rotatable bonds is 3. The maximum Gasteiger partial charge on any atom is 0.162 e. The summed E-state index contributed by atoms with van der Waals surface area (Å²) in [6.07, 6.45) is 4.44. The molecule has 24 heavy (non-hydrogen) atoms. The lowest BCUT2D eigenvalue weighted by atomic mass is 9.85. The number of aromatic nitrogens is 2. The molecule has 0 radical (unpaired) electrons. The number of amidine groups is 1. The van der Waals surface area contributed by atoms with Crippen LogP contribution in [0.4, 0.5) is 0 Å². The van der Waals surface area contributed by atoms with Crippen LogP contribution >= 0.6 is 0 Å². The number of nitrogens with zero attached hydrogens (tertiary/aromatic N) is 6. The van der Waals surface area contributed by atoms with Crippen molar-refractivity contribution < 1.29 is 0 Å². The van der Waals surface area contributed by atoms with Gasteiger partial charge in [-0.3, -0.25) is 31.0 Å². The smallest absolute Gasteiger partial charge is 0.162 e. The summed E-state index contributed by atoms with van der Waals surface area (Å²) >= 11 is 0. The monoisotopic (exact) mass is 330 g/mol. The average Bonchev–Trinajstić information content (AvgIpc) is 3.14. The number of nitrogens with one attached hydrogen (secondary N) is 2. The molecule has 0 aromatic carbocycles. The molecular weight excluding hydrogens is 308 g/mol. The minimum Gasteiger partial charge on any atom is -0.329 e. The van der Waals surface area contributed by atoms with Crippen LogP contribution in [0.15, 0.2) is 22.5 Å². The third-order valence-electron chi connectivity index (χ3n) is 4.71. The van der Waals surface area contributed by atoms with Crippen LogP contribution in [0.1, 0.15) is 24.5 Å². The molecule has 3 aliphatic rings. The lowest BCUT2D eigenvalue weighted by Crippen LogP contribution is -2.73. The van der Waals surface area contributed by atoms with Gasteiger partial charge in [-0.05, 0) is 13.8 Å². The molecule has 0 amide bonds. The largest absolute Gasteiger partial charge is 0.329 e. The Kier molecular flexibility index (Phi) is 3.49. The van der Waals surface area contributed by atoms with Crippen LogP contribution in [0.5, 0.6) is 0 Å². The van der Waals surface area contributed by atoms with Crippen molar-refractivity contribution in [3.63, 3.8) is 0 Å². The number of hydrogen-bond acceptors (Lipinski definition) is 10. The molecule has 6 N–H and O–H groups in total. The van der Waals surface area contributed by atoms with Crippen LogP contribution < -0.4 is 22.2 Å². The SMILES string of the molecule is Cc1nccnc1C1N=C2N(N1)C(N)NC1N(CCN)N=C[C@@]21C. The standard InChI is InChI=1S/C14H22N10/c1-8-9(18-5-4-17-8)10-20-12-14(2)7-19-23(6-3-15)11(14)21-13(16)24(12)22-10/h4-5,7,10-11,13,21-22H,3,6,15-16H2,1-2H3/t10?,11?,13?,14-/m1/s1. The summed E-state index contributed by atoms with van der Waals surface area (Å²) in [5.74, 6) is 0.845. The number of hydrazine groups is 1. The summed E-state index contributed by atoms with van der Waals surface area (Å²) in [6.45, 7) is 5.20. The maximum atomic E-state index is 6.29. The van der Waals surface area contributed by atoms with Crippen molar-refractivity contribution in [2.75, 3.05) is 13.1 Å². The highest BCUT2D eigenvalue weighted by Gasteiger charge is 2.55. The van der Waals surface area contributed by atoms with E-state index in [1.165, 1.54) is 0 Å². The predicted octanol–water partition coefficient (Wildman–Crippen LogP) is -1.56. The summed E-state index contributed by atoms with van der Waals surface area (Å²) in [5.41, 5.74) is 16.5. The van der Waals surface area contributed by atoms with E-state index in [0.717, 1.165) is 17.2 Å². The zero-order chi connectivity index (χ0) is 16.9. The van der Waals surface area contributed by atoms with Gasteiger partial charge in [-0.1, -0.05) is 0 Å². The quantitative estimate of drug-likeness (QED) is 0.523. The topological polar surface area (TPSA) is 133 Å². The number of hydrazone groups is 1. The van der Waals surface area contributed by atoms with Crippen LogP contribution in [0, 0.1) is 12.3 Å². The lowest BCUT2D eigenvalue weighted by Gasteiger charge is -2.46. The zero-order valence-corrected chi connectivity index (χ0v) is 13.7. The normalized spacial score (nSPS) is 34.3. The number of aryl methyl sites for hydroxylation is 1. The van der Waals surface area contributed by atoms with Gasteiger partial charge in [0.1, 0.15) is 24.0 Å². The van der Waals surface area contributed by atoms with Crippen LogP contribution in [0.2, 0.25) is 0 Å². The highest BCUT2D eigenvalue weighted by Crippen LogP contribution is 2.38. The van der Waals surface area contributed by atoms with Crippen molar-refractivity contribution in [3.8, 4) is 0 Å². The summed E-state index contributed by atoms with van der Waals surface area (Å²) in [6, 6.07) is 0. The molecular formula is C14H22N10. The Hall–Kier alpha value is -2.14. The molecule has 1 aromatic rings. The fourth-order valence-corrected chi connectivity index (χ4v) is 3.46. The molecule has 10 heteroatoms. The summed E-state index contributed by atoms with van der Waals surface area (Å²) < 4.78 is 0. The summed E-state index contributed by atoms with van der Waals surface area (Å²) in [5, 5.41) is 11.7. The van der Waals surface area contributed by atoms with E-state index < -0.39 is 11.7 Å². The number of hydrogen-bond donors (Lipinski definition) is 4. The Bertz CT molecular complexity index is 703. The van der Waals surface area contributed by atoms with E-state index in [4.69, 9.17) is 16.5 Å². The average molecular weight is 330 g/mol. The first-order valence-electron chi connectivity index (χ1n) is 7.99. The third-order valence-corrected chi connectivity index (χ3v) is 4.71. The van der Waals surface area contributed by atoms with Crippen molar-refractivity contribution >= 4 is 12.1 Å². The summed E-state index contributed by atoms with van der Waals surface area (Å²) in [4.78, 5) is 13.6. The van der Waals surface area contributed by atoms with Gasteiger partial charge < -0.3 is 5.73 Å². The molecule has 128 valence electrons. The second-order valence-electron chi connectivity index (χ2n) is 6.37. The van der Waals surface area contributed by atoms with Gasteiger partial charge in [-0.15, -0.1) is 0 Å². The Morgan fingerprint density at radius 1 is 1.33 bits per heavy atom. The van der Waals surface area contributed by atoms with Gasteiger partial charge in [0.25, 0.3) is 0 Å². The second-order valence-corrected chi connectivity index (χ2v) is 6.37. The van der Waals surface area contributed by atoms with Crippen LogP contribution in [0.25, 0.3) is 0 Å². The molecule has 0 saturated carbocycles. The lowest BCUT2D eigenvalue weighted by molar-refractivity contribution is 0.0574. The van der Waals surface area contributed by atoms with E-state index in [1.54, 1.807) is 12.4 Å².